The lowest BCUT2D eigenvalue weighted by Crippen LogP contribution is -2.32. The third-order valence-corrected chi connectivity index (χ3v) is 5.17. The molecule has 2 aromatic rings. The van der Waals surface area contributed by atoms with E-state index >= 15 is 0 Å². The number of esters is 1. The average Bonchev–Trinajstić information content (AvgIpc) is 3.28. The summed E-state index contributed by atoms with van der Waals surface area (Å²) in [4.78, 5) is 27.8. The molecule has 0 unspecified atom stereocenters. The van der Waals surface area contributed by atoms with Crippen molar-refractivity contribution in [2.75, 3.05) is 0 Å². The quantitative estimate of drug-likeness (QED) is 0.840. The summed E-state index contributed by atoms with van der Waals surface area (Å²) in [6, 6.07) is 6.19. The Morgan fingerprint density at radius 3 is 2.77 bits per heavy atom. The van der Waals surface area contributed by atoms with Crippen molar-refractivity contribution in [3.8, 4) is 5.69 Å². The number of ether oxygens (including phenoxy) is 1. The Balaban J connectivity index is 1.84. The van der Waals surface area contributed by atoms with Crippen LogP contribution in [0.3, 0.4) is 0 Å². The Morgan fingerprint density at radius 1 is 1.35 bits per heavy atom. The summed E-state index contributed by atoms with van der Waals surface area (Å²) in [6.07, 6.45) is 3.45. The average molecular weight is 358 g/mol. The van der Waals surface area contributed by atoms with Gasteiger partial charge in [0.25, 0.3) is 0 Å². The molecule has 8 heteroatoms. The van der Waals surface area contributed by atoms with Crippen LogP contribution in [0, 0.1) is 5.82 Å². The van der Waals surface area contributed by atoms with E-state index in [4.69, 9.17) is 10.5 Å². The van der Waals surface area contributed by atoms with E-state index in [1.165, 1.54) is 10.7 Å². The number of nitrogens with two attached hydrogens (primary N) is 1. The third-order valence-electron chi connectivity index (χ3n) is 5.17. The maximum absolute atomic E-state index is 14.4. The van der Waals surface area contributed by atoms with Gasteiger partial charge < -0.3 is 10.5 Å². The summed E-state index contributed by atoms with van der Waals surface area (Å²) in [7, 11) is 0. The number of benzene rings is 1. The first-order valence-corrected chi connectivity index (χ1v) is 8.69. The van der Waals surface area contributed by atoms with E-state index in [1.807, 2.05) is 0 Å². The van der Waals surface area contributed by atoms with Gasteiger partial charge in [0, 0.05) is 0 Å². The lowest BCUT2D eigenvalue weighted by atomic mass is 9.85. The Kier molecular flexibility index (Phi) is 3.97. The van der Waals surface area contributed by atoms with Crippen LogP contribution in [0.2, 0.25) is 0 Å². The Labute approximate surface area is 149 Å². The molecule has 26 heavy (non-hydrogen) atoms. The molecule has 7 nitrogen and oxygen atoms in total. The molecule has 1 atom stereocenters. The van der Waals surface area contributed by atoms with Crippen molar-refractivity contribution in [3.63, 3.8) is 0 Å². The van der Waals surface area contributed by atoms with Gasteiger partial charge in [-0.05, 0) is 37.8 Å². The molecule has 1 spiro atoms. The number of para-hydroxylation sites is 1. The molecule has 1 aliphatic carbocycles. The predicted molar refractivity (Wildman–Crippen MR) is 88.9 cm³/mol. The third kappa shape index (κ3) is 2.75. The second kappa shape index (κ2) is 6.19. The molecule has 1 amide bonds. The van der Waals surface area contributed by atoms with Crippen molar-refractivity contribution in [1.82, 2.24) is 14.8 Å². The zero-order chi connectivity index (χ0) is 18.3. The minimum Gasteiger partial charge on any atom is -0.458 e. The SMILES string of the molecule is NC(=O)Cc1nc([C@H]2CC(=O)OC23CCCC3)n(-c2ccccc2F)n1. The molecule has 1 aromatic carbocycles. The van der Waals surface area contributed by atoms with Crippen LogP contribution >= 0.6 is 0 Å². The smallest absolute Gasteiger partial charge is 0.307 e. The molecule has 1 aliphatic heterocycles. The van der Waals surface area contributed by atoms with Gasteiger partial charge in [0.15, 0.2) is 5.82 Å². The molecule has 2 N–H and O–H groups in total. The van der Waals surface area contributed by atoms with E-state index < -0.39 is 17.3 Å². The summed E-state index contributed by atoms with van der Waals surface area (Å²) in [5, 5.41) is 4.30. The number of amides is 1. The van der Waals surface area contributed by atoms with Crippen LogP contribution in [0.1, 0.15) is 49.7 Å². The number of hydrogen-bond donors (Lipinski definition) is 1. The second-order valence-electron chi connectivity index (χ2n) is 6.90. The highest BCUT2D eigenvalue weighted by Gasteiger charge is 2.53. The van der Waals surface area contributed by atoms with Crippen LogP contribution in [0.15, 0.2) is 24.3 Å². The first-order chi connectivity index (χ1) is 12.5. The van der Waals surface area contributed by atoms with Crippen LogP contribution in [-0.2, 0) is 20.7 Å². The van der Waals surface area contributed by atoms with Gasteiger partial charge in [0.05, 0.1) is 18.8 Å². The second-order valence-corrected chi connectivity index (χ2v) is 6.90. The molecule has 136 valence electrons. The summed E-state index contributed by atoms with van der Waals surface area (Å²) in [5.41, 5.74) is 4.87. The Bertz CT molecular complexity index is 873. The first-order valence-electron chi connectivity index (χ1n) is 8.69. The molecule has 2 heterocycles. The highest BCUT2D eigenvalue weighted by molar-refractivity contribution is 5.76. The van der Waals surface area contributed by atoms with E-state index in [2.05, 4.69) is 10.1 Å². The standard InChI is InChI=1S/C18H19FN4O3/c19-12-5-1-2-6-13(12)23-17(21-15(22-23)10-14(20)24)11-9-16(25)26-18(11)7-3-4-8-18/h1-2,5-6,11H,3-4,7-10H2,(H2,20,24)/t11-/m1/s1. The number of nitrogens with zero attached hydrogens (tertiary/aromatic N) is 3. The maximum Gasteiger partial charge on any atom is 0.307 e. The number of carbonyl (C=O) groups excluding carboxylic acids is 2. The zero-order valence-electron chi connectivity index (χ0n) is 14.2. The number of rotatable bonds is 4. The molecule has 1 saturated carbocycles. The number of halogens is 1. The zero-order valence-corrected chi connectivity index (χ0v) is 14.2. The van der Waals surface area contributed by atoms with E-state index in [9.17, 15) is 14.0 Å². The fourth-order valence-electron chi connectivity index (χ4n) is 4.07. The van der Waals surface area contributed by atoms with Gasteiger partial charge in [-0.2, -0.15) is 5.10 Å². The molecule has 1 saturated heterocycles. The summed E-state index contributed by atoms with van der Waals surface area (Å²) in [6.45, 7) is 0. The molecule has 2 aliphatic rings. The van der Waals surface area contributed by atoms with E-state index in [0.29, 0.717) is 5.82 Å². The van der Waals surface area contributed by atoms with Crippen molar-refractivity contribution in [1.29, 1.82) is 0 Å². The number of carbonyl (C=O) groups is 2. The summed E-state index contributed by atoms with van der Waals surface area (Å²) >= 11 is 0. The maximum atomic E-state index is 14.4. The monoisotopic (exact) mass is 358 g/mol. The fraction of sp³-hybridized carbons (Fsp3) is 0.444. The van der Waals surface area contributed by atoms with Gasteiger partial charge in [-0.3, -0.25) is 9.59 Å². The molecule has 0 radical (unpaired) electrons. The number of hydrogen-bond acceptors (Lipinski definition) is 5. The van der Waals surface area contributed by atoms with Crippen molar-refractivity contribution in [3.05, 3.63) is 41.7 Å². The fourth-order valence-corrected chi connectivity index (χ4v) is 4.07. The van der Waals surface area contributed by atoms with Gasteiger partial charge in [0.2, 0.25) is 5.91 Å². The highest BCUT2D eigenvalue weighted by Crippen LogP contribution is 2.50. The lowest BCUT2D eigenvalue weighted by molar-refractivity contribution is -0.148. The topological polar surface area (TPSA) is 100 Å². The molecule has 1 aromatic heterocycles. The summed E-state index contributed by atoms with van der Waals surface area (Å²) in [5.74, 6) is -0.989. The number of aromatic nitrogens is 3. The minimum absolute atomic E-state index is 0.150. The largest absolute Gasteiger partial charge is 0.458 e. The van der Waals surface area contributed by atoms with E-state index in [0.717, 1.165) is 25.7 Å². The van der Waals surface area contributed by atoms with Gasteiger partial charge in [0.1, 0.15) is 22.9 Å². The van der Waals surface area contributed by atoms with Gasteiger partial charge in [-0.15, -0.1) is 0 Å². The number of primary amides is 1. The van der Waals surface area contributed by atoms with Crippen LogP contribution in [0.4, 0.5) is 4.39 Å². The van der Waals surface area contributed by atoms with E-state index in [1.54, 1.807) is 18.2 Å². The van der Waals surface area contributed by atoms with Gasteiger partial charge >= 0.3 is 5.97 Å². The normalized spacial score (nSPS) is 21.3. The molecule has 0 bridgehead atoms. The van der Waals surface area contributed by atoms with Crippen LogP contribution in [0.25, 0.3) is 5.69 Å². The van der Waals surface area contributed by atoms with E-state index in [-0.39, 0.29) is 36.2 Å². The van der Waals surface area contributed by atoms with Crippen molar-refractivity contribution >= 4 is 11.9 Å². The van der Waals surface area contributed by atoms with Crippen molar-refractivity contribution in [2.45, 2.75) is 50.0 Å². The van der Waals surface area contributed by atoms with Gasteiger partial charge in [-0.25, -0.2) is 14.1 Å². The van der Waals surface area contributed by atoms with Crippen molar-refractivity contribution in [2.24, 2.45) is 5.73 Å². The molecule has 4 rings (SSSR count). The van der Waals surface area contributed by atoms with Gasteiger partial charge in [-0.1, -0.05) is 12.1 Å². The molecular weight excluding hydrogens is 339 g/mol. The van der Waals surface area contributed by atoms with Crippen LogP contribution < -0.4 is 5.73 Å². The Morgan fingerprint density at radius 2 is 2.08 bits per heavy atom. The Hall–Kier alpha value is -2.77. The molecular formula is C18H19FN4O3. The minimum atomic E-state index is -0.614. The van der Waals surface area contributed by atoms with Crippen molar-refractivity contribution < 1.29 is 18.7 Å². The van der Waals surface area contributed by atoms with Crippen LogP contribution in [-0.4, -0.2) is 32.2 Å². The van der Waals surface area contributed by atoms with Crippen LogP contribution in [0.5, 0.6) is 0 Å². The molecule has 2 fully saturated rings. The summed E-state index contributed by atoms with van der Waals surface area (Å²) < 4.78 is 21.5. The lowest BCUT2D eigenvalue weighted by Gasteiger charge is -2.28. The first kappa shape index (κ1) is 16.7. The highest BCUT2D eigenvalue weighted by atomic mass is 19.1. The predicted octanol–water partition coefficient (Wildman–Crippen LogP) is 1.78.